The average Bonchev–Trinajstić information content (AvgIpc) is 2.35. The smallest absolute Gasteiger partial charge is 0.111 e. The van der Waals surface area contributed by atoms with Crippen molar-refractivity contribution in [2.75, 3.05) is 32.9 Å². The Labute approximate surface area is 101 Å². The Balaban J connectivity index is 3.76. The molecule has 6 N–H and O–H groups in total. The first-order chi connectivity index (χ1) is 8.04. The van der Waals surface area contributed by atoms with Crippen molar-refractivity contribution in [3.05, 3.63) is 0 Å². The summed E-state index contributed by atoms with van der Waals surface area (Å²) in [6.45, 7) is 2.85. The molecule has 0 aliphatic carbocycles. The Morgan fingerprint density at radius 3 is 2.18 bits per heavy atom. The Bertz CT molecular complexity index is 182. The zero-order chi connectivity index (χ0) is 13.3. The van der Waals surface area contributed by atoms with Crippen LogP contribution in [-0.2, 0) is 4.74 Å². The fourth-order valence-corrected chi connectivity index (χ4v) is 1.22. The third-order valence-electron chi connectivity index (χ3n) is 2.31. The highest BCUT2D eigenvalue weighted by Crippen LogP contribution is 2.04. The first-order valence-corrected chi connectivity index (χ1v) is 5.66. The molecular weight excluding hydrogens is 230 g/mol. The van der Waals surface area contributed by atoms with Crippen molar-refractivity contribution in [1.82, 2.24) is 5.32 Å². The van der Waals surface area contributed by atoms with Gasteiger partial charge in [-0.25, -0.2) is 0 Å². The van der Waals surface area contributed by atoms with Gasteiger partial charge < -0.3 is 35.6 Å². The summed E-state index contributed by atoms with van der Waals surface area (Å²) in [4.78, 5) is 0. The summed E-state index contributed by atoms with van der Waals surface area (Å²) in [7, 11) is 0. The molecule has 0 spiro atoms. The van der Waals surface area contributed by atoms with E-state index in [4.69, 9.17) is 14.9 Å². The first-order valence-electron chi connectivity index (χ1n) is 5.66. The van der Waals surface area contributed by atoms with Crippen molar-refractivity contribution in [2.24, 2.45) is 0 Å². The van der Waals surface area contributed by atoms with Crippen LogP contribution in [0, 0.1) is 0 Å². The van der Waals surface area contributed by atoms with E-state index in [1.165, 1.54) is 0 Å². The SMILES string of the molecule is CCOCCNC[C@H](O)[C@@H](O)[C@H](O)[C@H](O)CO. The molecule has 0 aliphatic rings. The highest BCUT2D eigenvalue weighted by molar-refractivity contribution is 4.81. The van der Waals surface area contributed by atoms with Crippen LogP contribution >= 0.6 is 0 Å². The Morgan fingerprint density at radius 2 is 1.65 bits per heavy atom. The van der Waals surface area contributed by atoms with Crippen molar-refractivity contribution in [3.8, 4) is 0 Å². The molecule has 0 fully saturated rings. The van der Waals surface area contributed by atoms with E-state index in [0.717, 1.165) is 0 Å². The highest BCUT2D eigenvalue weighted by atomic mass is 16.5. The molecule has 0 aliphatic heterocycles. The van der Waals surface area contributed by atoms with Gasteiger partial charge in [0.15, 0.2) is 0 Å². The fourth-order valence-electron chi connectivity index (χ4n) is 1.22. The minimum absolute atomic E-state index is 0.0590. The molecule has 0 bridgehead atoms. The van der Waals surface area contributed by atoms with Gasteiger partial charge in [0.2, 0.25) is 0 Å². The van der Waals surface area contributed by atoms with Gasteiger partial charge in [-0.15, -0.1) is 0 Å². The van der Waals surface area contributed by atoms with E-state index in [1.54, 1.807) is 0 Å². The molecule has 0 amide bonds. The molecule has 4 atom stereocenters. The van der Waals surface area contributed by atoms with Gasteiger partial charge in [0, 0.05) is 19.7 Å². The predicted octanol–water partition coefficient (Wildman–Crippen LogP) is -2.95. The van der Waals surface area contributed by atoms with E-state index in [9.17, 15) is 15.3 Å². The second kappa shape index (κ2) is 9.72. The second-order valence-corrected chi connectivity index (χ2v) is 3.70. The quantitative estimate of drug-likeness (QED) is 0.230. The van der Waals surface area contributed by atoms with Crippen LogP contribution in [0.4, 0.5) is 0 Å². The van der Waals surface area contributed by atoms with Crippen molar-refractivity contribution in [2.45, 2.75) is 31.3 Å². The summed E-state index contributed by atoms with van der Waals surface area (Å²) in [5.74, 6) is 0. The molecule has 0 radical (unpaired) electrons. The third kappa shape index (κ3) is 6.89. The molecule has 0 heterocycles. The van der Waals surface area contributed by atoms with E-state index in [2.05, 4.69) is 5.32 Å². The number of aliphatic hydroxyl groups excluding tert-OH is 5. The van der Waals surface area contributed by atoms with Crippen LogP contribution in [-0.4, -0.2) is 82.9 Å². The Morgan fingerprint density at radius 1 is 1.06 bits per heavy atom. The van der Waals surface area contributed by atoms with Crippen LogP contribution in [0.15, 0.2) is 0 Å². The lowest BCUT2D eigenvalue weighted by Gasteiger charge is -2.25. The normalized spacial score (nSPS) is 18.7. The summed E-state index contributed by atoms with van der Waals surface area (Å²) >= 11 is 0. The van der Waals surface area contributed by atoms with Gasteiger partial charge in [-0.05, 0) is 6.92 Å². The van der Waals surface area contributed by atoms with Crippen LogP contribution in [0.3, 0.4) is 0 Å². The number of hydrogen-bond acceptors (Lipinski definition) is 7. The number of rotatable bonds is 10. The molecule has 0 saturated heterocycles. The highest BCUT2D eigenvalue weighted by Gasteiger charge is 2.29. The van der Waals surface area contributed by atoms with Crippen LogP contribution in [0.1, 0.15) is 6.92 Å². The molecule has 0 rings (SSSR count). The molecule has 17 heavy (non-hydrogen) atoms. The predicted molar refractivity (Wildman–Crippen MR) is 60.5 cm³/mol. The van der Waals surface area contributed by atoms with E-state index in [-0.39, 0.29) is 6.54 Å². The lowest BCUT2D eigenvalue weighted by molar-refractivity contribution is -0.114. The maximum Gasteiger partial charge on any atom is 0.111 e. The van der Waals surface area contributed by atoms with Crippen LogP contribution in [0.5, 0.6) is 0 Å². The molecule has 0 aromatic heterocycles. The van der Waals surface area contributed by atoms with E-state index in [0.29, 0.717) is 19.8 Å². The van der Waals surface area contributed by atoms with Crippen molar-refractivity contribution < 1.29 is 30.3 Å². The molecule has 0 aromatic carbocycles. The van der Waals surface area contributed by atoms with Gasteiger partial charge in [0.25, 0.3) is 0 Å². The fraction of sp³-hybridized carbons (Fsp3) is 1.00. The minimum Gasteiger partial charge on any atom is -0.394 e. The molecule has 7 nitrogen and oxygen atoms in total. The molecule has 0 saturated carbocycles. The molecule has 0 aromatic rings. The van der Waals surface area contributed by atoms with Crippen molar-refractivity contribution in [1.29, 1.82) is 0 Å². The monoisotopic (exact) mass is 253 g/mol. The topological polar surface area (TPSA) is 122 Å². The number of nitrogens with one attached hydrogen (secondary N) is 1. The van der Waals surface area contributed by atoms with Gasteiger partial charge in [0.05, 0.1) is 19.3 Å². The van der Waals surface area contributed by atoms with Crippen molar-refractivity contribution >= 4 is 0 Å². The number of ether oxygens (including phenoxy) is 1. The van der Waals surface area contributed by atoms with Gasteiger partial charge in [-0.3, -0.25) is 0 Å². The standard InChI is InChI=1S/C10H23NO6/c1-2-17-4-3-11-5-7(13)9(15)10(16)8(14)6-12/h7-16H,2-6H2,1H3/t7-,8+,9+,10+/m0/s1. The number of hydrogen-bond donors (Lipinski definition) is 6. The first kappa shape index (κ1) is 16.7. The molecule has 7 heteroatoms. The summed E-state index contributed by atoms with van der Waals surface area (Å²) in [5, 5.41) is 48.7. The van der Waals surface area contributed by atoms with Gasteiger partial charge in [-0.2, -0.15) is 0 Å². The lowest BCUT2D eigenvalue weighted by Crippen LogP contribution is -2.49. The van der Waals surface area contributed by atoms with Crippen LogP contribution in [0.2, 0.25) is 0 Å². The second-order valence-electron chi connectivity index (χ2n) is 3.70. The van der Waals surface area contributed by atoms with Crippen LogP contribution in [0.25, 0.3) is 0 Å². The Kier molecular flexibility index (Phi) is 9.56. The van der Waals surface area contributed by atoms with E-state index in [1.807, 2.05) is 6.92 Å². The van der Waals surface area contributed by atoms with Gasteiger partial charge >= 0.3 is 0 Å². The summed E-state index contributed by atoms with van der Waals surface area (Å²) in [6, 6.07) is 0. The number of aliphatic hydroxyl groups is 5. The van der Waals surface area contributed by atoms with Crippen LogP contribution < -0.4 is 5.32 Å². The molecule has 104 valence electrons. The molecule has 0 unspecified atom stereocenters. The third-order valence-corrected chi connectivity index (χ3v) is 2.31. The van der Waals surface area contributed by atoms with E-state index >= 15 is 0 Å². The van der Waals surface area contributed by atoms with Gasteiger partial charge in [0.1, 0.15) is 18.3 Å². The minimum atomic E-state index is -1.58. The van der Waals surface area contributed by atoms with Gasteiger partial charge in [-0.1, -0.05) is 0 Å². The average molecular weight is 253 g/mol. The summed E-state index contributed by atoms with van der Waals surface area (Å²) < 4.78 is 5.05. The largest absolute Gasteiger partial charge is 0.394 e. The molecular formula is C10H23NO6. The van der Waals surface area contributed by atoms with E-state index < -0.39 is 31.0 Å². The summed E-state index contributed by atoms with van der Waals surface area (Å²) in [6.07, 6.45) is -5.80. The maximum atomic E-state index is 9.48. The Hall–Kier alpha value is -0.280. The lowest BCUT2D eigenvalue weighted by atomic mass is 10.0. The zero-order valence-corrected chi connectivity index (χ0v) is 9.99. The summed E-state index contributed by atoms with van der Waals surface area (Å²) in [5.41, 5.74) is 0. The van der Waals surface area contributed by atoms with Crippen molar-refractivity contribution in [3.63, 3.8) is 0 Å². The zero-order valence-electron chi connectivity index (χ0n) is 9.99. The maximum absolute atomic E-state index is 9.48.